The van der Waals surface area contributed by atoms with Crippen LogP contribution in [0.15, 0.2) is 59.8 Å². The van der Waals surface area contributed by atoms with Crippen molar-refractivity contribution in [2.24, 2.45) is 5.10 Å². The number of nitrogens with zero attached hydrogens (tertiary/aromatic N) is 2. The van der Waals surface area contributed by atoms with Crippen LogP contribution >= 0.6 is 11.6 Å². The monoisotopic (exact) mass is 363 g/mol. The molecule has 0 bridgehead atoms. The molecule has 0 amide bonds. The van der Waals surface area contributed by atoms with Crippen LogP contribution < -0.4 is 5.43 Å². The Hall–Kier alpha value is -2.60. The smallest absolute Gasteiger partial charge is 0.260 e. The topological polar surface area (TPSA) is 37.3 Å². The Kier molecular flexibility index (Phi) is 4.63. The van der Waals surface area contributed by atoms with Gasteiger partial charge in [0.05, 0.1) is 16.3 Å². The lowest BCUT2D eigenvalue weighted by Crippen LogP contribution is -2.07. The van der Waals surface area contributed by atoms with Gasteiger partial charge >= 0.3 is 6.18 Å². The third kappa shape index (κ3) is 3.74. The number of fused-ring (bicyclic) bond motifs is 1. The van der Waals surface area contributed by atoms with Gasteiger partial charge < -0.3 is 0 Å². The van der Waals surface area contributed by atoms with Gasteiger partial charge in [-0.1, -0.05) is 54.1 Å². The van der Waals surface area contributed by atoms with E-state index in [9.17, 15) is 13.2 Å². The van der Waals surface area contributed by atoms with Crippen molar-refractivity contribution in [2.75, 3.05) is 5.43 Å². The zero-order valence-electron chi connectivity index (χ0n) is 13.1. The number of hydrogen-bond acceptors (Lipinski definition) is 3. The van der Waals surface area contributed by atoms with Crippen LogP contribution in [0.4, 0.5) is 19.0 Å². The summed E-state index contributed by atoms with van der Waals surface area (Å²) in [5.74, 6) is 0.0641. The summed E-state index contributed by atoms with van der Waals surface area (Å²) in [5, 5.41) is 6.15. The SMILES string of the molecule is C/C(=N/Nc1ncc(C(F)(F)F)cc1Cl)c1cccc2ccccc12. The fourth-order valence-electron chi connectivity index (χ4n) is 2.41. The normalized spacial score (nSPS) is 12.4. The van der Waals surface area contributed by atoms with E-state index < -0.39 is 11.7 Å². The quantitative estimate of drug-likeness (QED) is 0.475. The number of aromatic nitrogens is 1. The molecule has 0 aliphatic rings. The first-order valence-corrected chi connectivity index (χ1v) is 7.75. The van der Waals surface area contributed by atoms with Crippen LogP contribution in [0.1, 0.15) is 18.1 Å². The number of hydrogen-bond donors (Lipinski definition) is 1. The third-order valence-electron chi connectivity index (χ3n) is 3.68. The Balaban J connectivity index is 1.89. The van der Waals surface area contributed by atoms with Gasteiger partial charge in [0.2, 0.25) is 0 Å². The van der Waals surface area contributed by atoms with Gasteiger partial charge in [0.1, 0.15) is 0 Å². The molecule has 3 nitrogen and oxygen atoms in total. The summed E-state index contributed by atoms with van der Waals surface area (Å²) in [7, 11) is 0. The summed E-state index contributed by atoms with van der Waals surface area (Å²) >= 11 is 5.87. The molecule has 2 aromatic carbocycles. The van der Waals surface area contributed by atoms with Crippen molar-refractivity contribution in [2.45, 2.75) is 13.1 Å². The molecule has 0 atom stereocenters. The molecule has 7 heteroatoms. The highest BCUT2D eigenvalue weighted by Crippen LogP contribution is 2.32. The summed E-state index contributed by atoms with van der Waals surface area (Å²) in [4.78, 5) is 3.70. The van der Waals surface area contributed by atoms with Crippen LogP contribution in [-0.4, -0.2) is 10.7 Å². The Morgan fingerprint density at radius 3 is 2.56 bits per heavy atom. The van der Waals surface area contributed by atoms with Crippen LogP contribution in [0.5, 0.6) is 0 Å². The molecule has 0 aliphatic carbocycles. The molecule has 3 aromatic rings. The Bertz CT molecular complexity index is 946. The van der Waals surface area contributed by atoms with E-state index in [1.165, 1.54) is 0 Å². The predicted octanol–water partition coefficient (Wildman–Crippen LogP) is 5.74. The molecule has 25 heavy (non-hydrogen) atoms. The van der Waals surface area contributed by atoms with E-state index in [2.05, 4.69) is 15.5 Å². The minimum Gasteiger partial charge on any atom is -0.260 e. The zero-order valence-corrected chi connectivity index (χ0v) is 13.9. The van der Waals surface area contributed by atoms with Gasteiger partial charge in [-0.15, -0.1) is 0 Å². The fourth-order valence-corrected chi connectivity index (χ4v) is 2.62. The lowest BCUT2D eigenvalue weighted by Gasteiger charge is -2.10. The van der Waals surface area contributed by atoms with E-state index in [0.717, 1.165) is 28.6 Å². The highest BCUT2D eigenvalue weighted by molar-refractivity contribution is 6.33. The molecular formula is C18H13ClF3N3. The molecule has 0 aliphatic heterocycles. The van der Waals surface area contributed by atoms with E-state index in [4.69, 9.17) is 11.6 Å². The summed E-state index contributed by atoms with van der Waals surface area (Å²) in [5.41, 5.74) is 3.30. The molecule has 0 radical (unpaired) electrons. The highest BCUT2D eigenvalue weighted by atomic mass is 35.5. The number of anilines is 1. The Labute approximate surface area is 147 Å². The van der Waals surface area contributed by atoms with Gasteiger partial charge in [-0.25, -0.2) is 4.98 Å². The summed E-state index contributed by atoms with van der Waals surface area (Å²) in [6.45, 7) is 1.80. The molecule has 1 N–H and O–H groups in total. The van der Waals surface area contributed by atoms with Crippen molar-refractivity contribution in [3.63, 3.8) is 0 Å². The Morgan fingerprint density at radius 2 is 1.84 bits per heavy atom. The number of benzene rings is 2. The van der Waals surface area contributed by atoms with Gasteiger partial charge in [0, 0.05) is 11.8 Å². The molecule has 0 spiro atoms. The standard InChI is InChI=1S/C18H13ClF3N3/c1-11(14-8-4-6-12-5-2-3-7-15(12)14)24-25-17-16(19)9-13(10-23-17)18(20,21)22/h2-10H,1H3,(H,23,25)/b24-11-. The Morgan fingerprint density at radius 1 is 1.12 bits per heavy atom. The molecule has 128 valence electrons. The molecule has 0 fully saturated rings. The van der Waals surface area contributed by atoms with Gasteiger partial charge in [-0.2, -0.15) is 18.3 Å². The molecule has 0 saturated heterocycles. The van der Waals surface area contributed by atoms with E-state index in [-0.39, 0.29) is 10.8 Å². The first-order chi connectivity index (χ1) is 11.9. The van der Waals surface area contributed by atoms with Gasteiger partial charge in [-0.05, 0) is 23.8 Å². The lowest BCUT2D eigenvalue weighted by molar-refractivity contribution is -0.137. The maximum Gasteiger partial charge on any atom is 0.417 e. The van der Waals surface area contributed by atoms with E-state index in [1.54, 1.807) is 6.92 Å². The van der Waals surface area contributed by atoms with Crippen LogP contribution in [0.2, 0.25) is 5.02 Å². The zero-order chi connectivity index (χ0) is 18.0. The minimum atomic E-state index is -4.49. The minimum absolute atomic E-state index is 0.0641. The number of rotatable bonds is 3. The van der Waals surface area contributed by atoms with Gasteiger partial charge in [0.15, 0.2) is 5.82 Å². The summed E-state index contributed by atoms with van der Waals surface area (Å²) in [6.07, 6.45) is -3.77. The van der Waals surface area contributed by atoms with Crippen molar-refractivity contribution in [1.82, 2.24) is 4.98 Å². The second-order valence-electron chi connectivity index (χ2n) is 5.39. The largest absolute Gasteiger partial charge is 0.417 e. The predicted molar refractivity (Wildman–Crippen MR) is 94.0 cm³/mol. The molecule has 3 rings (SSSR count). The molecule has 0 saturated carbocycles. The molecule has 1 heterocycles. The first kappa shape index (κ1) is 17.2. The molecule has 1 aromatic heterocycles. The molecule has 0 unspecified atom stereocenters. The molecular weight excluding hydrogens is 351 g/mol. The number of pyridine rings is 1. The first-order valence-electron chi connectivity index (χ1n) is 7.37. The van der Waals surface area contributed by atoms with Crippen LogP contribution in [0.3, 0.4) is 0 Å². The van der Waals surface area contributed by atoms with Crippen molar-refractivity contribution >= 4 is 33.9 Å². The second kappa shape index (κ2) is 6.72. The van der Waals surface area contributed by atoms with Crippen molar-refractivity contribution < 1.29 is 13.2 Å². The summed E-state index contributed by atoms with van der Waals surface area (Å²) in [6, 6.07) is 14.5. The number of alkyl halides is 3. The van der Waals surface area contributed by atoms with Crippen LogP contribution in [0, 0.1) is 0 Å². The van der Waals surface area contributed by atoms with E-state index >= 15 is 0 Å². The number of halogens is 4. The van der Waals surface area contributed by atoms with Crippen molar-refractivity contribution in [1.29, 1.82) is 0 Å². The average molecular weight is 364 g/mol. The van der Waals surface area contributed by atoms with Crippen LogP contribution in [0.25, 0.3) is 10.8 Å². The van der Waals surface area contributed by atoms with Gasteiger partial charge in [0.25, 0.3) is 0 Å². The van der Waals surface area contributed by atoms with Crippen molar-refractivity contribution in [3.8, 4) is 0 Å². The number of nitrogens with one attached hydrogen (secondary N) is 1. The highest BCUT2D eigenvalue weighted by Gasteiger charge is 2.31. The maximum absolute atomic E-state index is 12.6. The average Bonchev–Trinajstić information content (AvgIpc) is 2.59. The second-order valence-corrected chi connectivity index (χ2v) is 5.80. The lowest BCUT2D eigenvalue weighted by atomic mass is 10.0. The van der Waals surface area contributed by atoms with Gasteiger partial charge in [-0.3, -0.25) is 5.43 Å². The van der Waals surface area contributed by atoms with Crippen LogP contribution in [-0.2, 0) is 6.18 Å². The third-order valence-corrected chi connectivity index (χ3v) is 3.97. The summed E-state index contributed by atoms with van der Waals surface area (Å²) < 4.78 is 37.9. The van der Waals surface area contributed by atoms with E-state index in [1.807, 2.05) is 42.5 Å². The maximum atomic E-state index is 12.6. The van der Waals surface area contributed by atoms with Crippen molar-refractivity contribution in [3.05, 3.63) is 70.9 Å². The fraction of sp³-hybridized carbons (Fsp3) is 0.111. The number of hydrazone groups is 1. The van der Waals surface area contributed by atoms with E-state index in [0.29, 0.717) is 5.71 Å².